The summed E-state index contributed by atoms with van der Waals surface area (Å²) in [7, 11) is -4.26. The standard InChI is InChI=1S/C26H26IN3O8S2/c1-3-37-21-13-17(14-22-25(33)30(26(34)39-22)15-23(32)29-10-4-5-11-29)12-20(27)24(21)38-40(35,36)19-8-6-18(7-9-19)28-16(2)31/h6-9,12-14H,3-5,10-11,15H2,1-2H3,(H,28,31)/b22-14-. The topological polar surface area (TPSA) is 139 Å². The molecule has 212 valence electrons. The highest BCUT2D eigenvalue weighted by Gasteiger charge is 2.37. The molecule has 14 heteroatoms. The number of amides is 4. The molecule has 2 aliphatic heterocycles. The SMILES string of the molecule is CCOc1cc(/C=C2\SC(=O)N(CC(=O)N3CCCC3)C2=O)cc(I)c1OS(=O)(=O)c1ccc(NC(C)=O)cc1. The van der Waals surface area contributed by atoms with Gasteiger partial charge in [-0.15, -0.1) is 0 Å². The quantitative estimate of drug-likeness (QED) is 0.233. The van der Waals surface area contributed by atoms with Crippen molar-refractivity contribution in [3.63, 3.8) is 0 Å². The van der Waals surface area contributed by atoms with Crippen LogP contribution in [0.5, 0.6) is 11.5 Å². The van der Waals surface area contributed by atoms with Gasteiger partial charge in [-0.25, -0.2) is 0 Å². The van der Waals surface area contributed by atoms with Gasteiger partial charge in [-0.05, 0) is 102 Å². The van der Waals surface area contributed by atoms with Crippen molar-refractivity contribution in [1.82, 2.24) is 9.80 Å². The number of nitrogens with one attached hydrogen (secondary N) is 1. The number of hydrogen-bond donors (Lipinski definition) is 1. The zero-order valence-electron chi connectivity index (χ0n) is 21.6. The molecule has 0 saturated carbocycles. The maximum Gasteiger partial charge on any atom is 0.339 e. The van der Waals surface area contributed by atoms with Crippen molar-refractivity contribution in [3.8, 4) is 11.5 Å². The van der Waals surface area contributed by atoms with E-state index in [0.29, 0.717) is 27.9 Å². The Morgan fingerprint density at radius 3 is 2.42 bits per heavy atom. The molecular weight excluding hydrogens is 673 g/mol. The minimum Gasteiger partial charge on any atom is -0.490 e. The fourth-order valence-electron chi connectivity index (χ4n) is 4.07. The number of ether oxygens (including phenoxy) is 1. The first-order valence-electron chi connectivity index (χ1n) is 12.3. The number of thioether (sulfide) groups is 1. The molecule has 0 bridgehead atoms. The van der Waals surface area contributed by atoms with Gasteiger partial charge in [0.1, 0.15) is 11.4 Å². The van der Waals surface area contributed by atoms with Gasteiger partial charge in [0.15, 0.2) is 11.5 Å². The van der Waals surface area contributed by atoms with Crippen LogP contribution in [-0.4, -0.2) is 67.4 Å². The smallest absolute Gasteiger partial charge is 0.339 e. The van der Waals surface area contributed by atoms with Crippen LogP contribution in [0.2, 0.25) is 0 Å². The first-order chi connectivity index (χ1) is 19.0. The summed E-state index contributed by atoms with van der Waals surface area (Å²) < 4.78 is 37.5. The lowest BCUT2D eigenvalue weighted by Crippen LogP contribution is -2.40. The van der Waals surface area contributed by atoms with Gasteiger partial charge in [0.25, 0.3) is 11.1 Å². The minimum atomic E-state index is -4.26. The summed E-state index contributed by atoms with van der Waals surface area (Å²) in [4.78, 5) is 51.8. The van der Waals surface area contributed by atoms with E-state index in [0.717, 1.165) is 29.5 Å². The predicted molar refractivity (Wildman–Crippen MR) is 157 cm³/mol. The summed E-state index contributed by atoms with van der Waals surface area (Å²) in [6.45, 7) is 4.21. The van der Waals surface area contributed by atoms with Gasteiger partial charge in [0, 0.05) is 25.7 Å². The van der Waals surface area contributed by atoms with Crippen molar-refractivity contribution in [2.24, 2.45) is 0 Å². The second-order valence-corrected chi connectivity index (χ2v) is 12.6. The van der Waals surface area contributed by atoms with Crippen molar-refractivity contribution in [2.45, 2.75) is 31.6 Å². The highest BCUT2D eigenvalue weighted by molar-refractivity contribution is 14.1. The lowest BCUT2D eigenvalue weighted by Gasteiger charge is -2.18. The zero-order chi connectivity index (χ0) is 29.0. The van der Waals surface area contributed by atoms with E-state index in [-0.39, 0.29) is 46.3 Å². The normalized spacial score (nSPS) is 16.5. The second-order valence-electron chi connectivity index (χ2n) is 8.86. The third kappa shape index (κ3) is 6.96. The number of rotatable bonds is 9. The van der Waals surface area contributed by atoms with Crippen molar-refractivity contribution in [3.05, 3.63) is 50.4 Å². The number of halogens is 1. The first kappa shape index (κ1) is 29.9. The van der Waals surface area contributed by atoms with E-state index in [1.807, 2.05) is 22.6 Å². The number of likely N-dealkylation sites (tertiary alicyclic amines) is 1. The number of carbonyl (C=O) groups excluding carboxylic acids is 4. The monoisotopic (exact) mass is 699 g/mol. The predicted octanol–water partition coefficient (Wildman–Crippen LogP) is 4.07. The van der Waals surface area contributed by atoms with Gasteiger partial charge in [0.2, 0.25) is 11.8 Å². The molecule has 40 heavy (non-hydrogen) atoms. The molecule has 2 aromatic rings. The summed E-state index contributed by atoms with van der Waals surface area (Å²) in [5.74, 6) is -1.02. The number of carbonyl (C=O) groups is 4. The number of nitrogens with zero attached hydrogens (tertiary/aromatic N) is 2. The van der Waals surface area contributed by atoms with Crippen LogP contribution in [0.25, 0.3) is 6.08 Å². The Hall–Kier alpha value is -3.11. The molecule has 4 amide bonds. The highest BCUT2D eigenvalue weighted by atomic mass is 127. The molecule has 4 rings (SSSR count). The van der Waals surface area contributed by atoms with E-state index >= 15 is 0 Å². The van der Waals surface area contributed by atoms with Crippen LogP contribution in [0.1, 0.15) is 32.3 Å². The lowest BCUT2D eigenvalue weighted by atomic mass is 10.2. The fourth-order valence-corrected chi connectivity index (χ4v) is 6.75. The summed E-state index contributed by atoms with van der Waals surface area (Å²) in [6, 6.07) is 8.62. The molecule has 0 aromatic heterocycles. The van der Waals surface area contributed by atoms with E-state index in [1.165, 1.54) is 43.3 Å². The van der Waals surface area contributed by atoms with E-state index in [4.69, 9.17) is 8.92 Å². The maximum absolute atomic E-state index is 13.0. The van der Waals surface area contributed by atoms with E-state index in [9.17, 15) is 27.6 Å². The molecular formula is C26H26IN3O8S2. The molecule has 2 aromatic carbocycles. The Bertz CT molecular complexity index is 1490. The van der Waals surface area contributed by atoms with Crippen LogP contribution in [0.15, 0.2) is 46.2 Å². The number of hydrogen-bond acceptors (Lipinski definition) is 9. The Labute approximate surface area is 249 Å². The van der Waals surface area contributed by atoms with Crippen LogP contribution in [0.3, 0.4) is 0 Å². The van der Waals surface area contributed by atoms with Gasteiger partial charge < -0.3 is 19.1 Å². The van der Waals surface area contributed by atoms with Crippen LogP contribution < -0.4 is 14.2 Å². The fraction of sp³-hybridized carbons (Fsp3) is 0.308. The van der Waals surface area contributed by atoms with Crippen molar-refractivity contribution < 1.29 is 36.5 Å². The Balaban J connectivity index is 1.56. The van der Waals surface area contributed by atoms with Crippen molar-refractivity contribution >= 4 is 79.2 Å². The van der Waals surface area contributed by atoms with Crippen LogP contribution in [0.4, 0.5) is 10.5 Å². The first-order valence-corrected chi connectivity index (χ1v) is 15.6. The van der Waals surface area contributed by atoms with Crippen molar-refractivity contribution in [2.75, 3.05) is 31.6 Å². The number of imide groups is 1. The van der Waals surface area contributed by atoms with Crippen LogP contribution in [-0.2, 0) is 24.5 Å². The molecule has 2 aliphatic rings. The van der Waals surface area contributed by atoms with Gasteiger partial charge in [0.05, 0.1) is 15.1 Å². The summed E-state index contributed by atoms with van der Waals surface area (Å²) in [6.07, 6.45) is 3.30. The van der Waals surface area contributed by atoms with Crippen LogP contribution >= 0.6 is 34.4 Å². The van der Waals surface area contributed by atoms with E-state index < -0.39 is 21.3 Å². The van der Waals surface area contributed by atoms with Gasteiger partial charge in [-0.3, -0.25) is 24.1 Å². The zero-order valence-corrected chi connectivity index (χ0v) is 25.4. The molecule has 0 unspecified atom stereocenters. The van der Waals surface area contributed by atoms with E-state index in [1.54, 1.807) is 17.9 Å². The molecule has 2 saturated heterocycles. The van der Waals surface area contributed by atoms with Gasteiger partial charge >= 0.3 is 10.1 Å². The Morgan fingerprint density at radius 1 is 1.12 bits per heavy atom. The number of benzene rings is 2. The Kier molecular flexibility index (Phi) is 9.41. The van der Waals surface area contributed by atoms with Crippen molar-refractivity contribution in [1.29, 1.82) is 0 Å². The molecule has 0 aliphatic carbocycles. The van der Waals surface area contributed by atoms with Crippen LogP contribution in [0, 0.1) is 3.57 Å². The average molecular weight is 700 g/mol. The van der Waals surface area contributed by atoms with E-state index in [2.05, 4.69) is 5.32 Å². The Morgan fingerprint density at radius 2 is 1.80 bits per heavy atom. The second kappa shape index (κ2) is 12.6. The largest absolute Gasteiger partial charge is 0.490 e. The third-order valence-electron chi connectivity index (χ3n) is 5.91. The molecule has 2 fully saturated rings. The lowest BCUT2D eigenvalue weighted by molar-refractivity contribution is -0.135. The van der Waals surface area contributed by atoms with Gasteiger partial charge in [-0.1, -0.05) is 0 Å². The summed E-state index contributed by atoms with van der Waals surface area (Å²) >= 11 is 2.63. The molecule has 11 nitrogen and oxygen atoms in total. The summed E-state index contributed by atoms with van der Waals surface area (Å²) in [5, 5.41) is 2.04. The van der Waals surface area contributed by atoms with Gasteiger partial charge in [-0.2, -0.15) is 8.42 Å². The highest BCUT2D eigenvalue weighted by Crippen LogP contribution is 2.39. The molecule has 0 atom stereocenters. The molecule has 1 N–H and O–H groups in total. The minimum absolute atomic E-state index is 0.0325. The maximum atomic E-state index is 13.0. The average Bonchev–Trinajstić information content (AvgIpc) is 3.51. The molecule has 2 heterocycles. The number of anilines is 1. The third-order valence-corrected chi connectivity index (χ3v) is 8.86. The summed E-state index contributed by atoms with van der Waals surface area (Å²) in [5.41, 5.74) is 0.916. The molecule has 0 radical (unpaired) electrons. The molecule has 0 spiro atoms.